The van der Waals surface area contributed by atoms with Gasteiger partial charge in [0.1, 0.15) is 5.82 Å². The van der Waals surface area contributed by atoms with Gasteiger partial charge in [0.25, 0.3) is 5.56 Å². The molecule has 0 radical (unpaired) electrons. The van der Waals surface area contributed by atoms with E-state index < -0.39 is 0 Å². The van der Waals surface area contributed by atoms with E-state index in [1.165, 1.54) is 11.6 Å². The number of nitrogens with zero attached hydrogens (tertiary/aromatic N) is 3. The SMILES string of the molecule is CCCCCc1nc(-c2ccc(C(C)(C)C)cc2)nc2cc(=O)[nH]n12. The van der Waals surface area contributed by atoms with Crippen molar-refractivity contribution in [2.45, 2.75) is 58.8 Å². The molecule has 2 aromatic heterocycles. The Morgan fingerprint density at radius 3 is 2.44 bits per heavy atom. The summed E-state index contributed by atoms with van der Waals surface area (Å²) in [6.07, 6.45) is 4.17. The van der Waals surface area contributed by atoms with Gasteiger partial charge in [-0.1, -0.05) is 64.8 Å². The van der Waals surface area contributed by atoms with E-state index in [1.807, 2.05) is 0 Å². The van der Waals surface area contributed by atoms with Crippen molar-refractivity contribution in [2.24, 2.45) is 0 Å². The van der Waals surface area contributed by atoms with E-state index >= 15 is 0 Å². The maximum Gasteiger partial charge on any atom is 0.266 e. The third kappa shape index (κ3) is 3.81. The predicted octanol–water partition coefficient (Wildman–Crippen LogP) is 4.11. The molecule has 3 rings (SSSR count). The fourth-order valence-electron chi connectivity index (χ4n) is 2.92. The molecule has 132 valence electrons. The van der Waals surface area contributed by atoms with Gasteiger partial charge in [-0.2, -0.15) is 0 Å². The Morgan fingerprint density at radius 2 is 1.80 bits per heavy atom. The van der Waals surface area contributed by atoms with Gasteiger partial charge in [-0.15, -0.1) is 0 Å². The van der Waals surface area contributed by atoms with Gasteiger partial charge in [-0.05, 0) is 17.4 Å². The van der Waals surface area contributed by atoms with Crippen LogP contribution < -0.4 is 5.56 Å². The van der Waals surface area contributed by atoms with Crippen LogP contribution in [0.3, 0.4) is 0 Å². The Morgan fingerprint density at radius 1 is 1.08 bits per heavy atom. The van der Waals surface area contributed by atoms with Crippen LogP contribution in [0, 0.1) is 0 Å². The van der Waals surface area contributed by atoms with Gasteiger partial charge < -0.3 is 0 Å². The zero-order valence-corrected chi connectivity index (χ0v) is 15.5. The van der Waals surface area contributed by atoms with Crippen molar-refractivity contribution >= 4 is 5.65 Å². The number of hydrogen-bond acceptors (Lipinski definition) is 3. The summed E-state index contributed by atoms with van der Waals surface area (Å²) in [5.74, 6) is 1.53. The average Bonchev–Trinajstić information content (AvgIpc) is 2.94. The molecule has 0 unspecified atom stereocenters. The highest BCUT2D eigenvalue weighted by Crippen LogP contribution is 2.25. The van der Waals surface area contributed by atoms with Gasteiger partial charge in [-0.3, -0.25) is 9.89 Å². The quantitative estimate of drug-likeness (QED) is 0.712. The molecule has 0 aliphatic rings. The maximum absolute atomic E-state index is 11.7. The lowest BCUT2D eigenvalue weighted by Crippen LogP contribution is -2.11. The first-order valence-corrected chi connectivity index (χ1v) is 8.98. The van der Waals surface area contributed by atoms with Crippen LogP contribution in [0.5, 0.6) is 0 Å². The standard InChI is InChI=1S/C20H26N4O/c1-5-6-7-8-16-21-19(22-17-13-18(25)23-24(16)17)14-9-11-15(12-10-14)20(2,3)4/h9-13H,5-8H2,1-4H3,(H,23,25). The number of benzene rings is 1. The van der Waals surface area contributed by atoms with Gasteiger partial charge in [0.15, 0.2) is 11.5 Å². The van der Waals surface area contributed by atoms with Crippen molar-refractivity contribution in [1.29, 1.82) is 0 Å². The molecule has 1 aromatic carbocycles. The van der Waals surface area contributed by atoms with Gasteiger partial charge in [0.05, 0.1) is 0 Å². The molecule has 5 heteroatoms. The van der Waals surface area contributed by atoms with E-state index in [9.17, 15) is 4.79 Å². The van der Waals surface area contributed by atoms with Crippen LogP contribution >= 0.6 is 0 Å². The van der Waals surface area contributed by atoms with E-state index in [-0.39, 0.29) is 11.0 Å². The Labute approximate surface area is 148 Å². The molecule has 0 spiro atoms. The smallest absolute Gasteiger partial charge is 0.266 e. The number of nitrogens with one attached hydrogen (secondary N) is 1. The molecule has 0 bridgehead atoms. The lowest BCUT2D eigenvalue weighted by atomic mass is 9.87. The molecule has 5 nitrogen and oxygen atoms in total. The summed E-state index contributed by atoms with van der Waals surface area (Å²) in [6.45, 7) is 8.77. The number of fused-ring (bicyclic) bond motifs is 1. The fourth-order valence-corrected chi connectivity index (χ4v) is 2.92. The Kier molecular flexibility index (Phi) is 4.75. The van der Waals surface area contributed by atoms with Crippen LogP contribution in [-0.2, 0) is 11.8 Å². The monoisotopic (exact) mass is 338 g/mol. The number of aromatic amines is 1. The predicted molar refractivity (Wildman–Crippen MR) is 101 cm³/mol. The zero-order chi connectivity index (χ0) is 18.0. The summed E-state index contributed by atoms with van der Waals surface area (Å²) >= 11 is 0. The highest BCUT2D eigenvalue weighted by molar-refractivity contribution is 5.58. The van der Waals surface area contributed by atoms with Crippen LogP contribution in [0.4, 0.5) is 0 Å². The van der Waals surface area contributed by atoms with Gasteiger partial charge in [0.2, 0.25) is 0 Å². The minimum Gasteiger partial charge on any atom is -0.268 e. The van der Waals surface area contributed by atoms with E-state index in [0.29, 0.717) is 11.5 Å². The topological polar surface area (TPSA) is 63.0 Å². The number of H-pyrrole nitrogens is 1. The second-order valence-corrected chi connectivity index (χ2v) is 7.56. The molecule has 0 aliphatic carbocycles. The molecule has 3 aromatic rings. The summed E-state index contributed by atoms with van der Waals surface area (Å²) in [7, 11) is 0. The van der Waals surface area contributed by atoms with Crippen LogP contribution in [0.1, 0.15) is 58.3 Å². The number of unbranched alkanes of at least 4 members (excludes halogenated alkanes) is 2. The first-order chi connectivity index (χ1) is 11.9. The summed E-state index contributed by atoms with van der Waals surface area (Å²) in [4.78, 5) is 21.0. The van der Waals surface area contributed by atoms with Crippen molar-refractivity contribution < 1.29 is 0 Å². The summed E-state index contributed by atoms with van der Waals surface area (Å²) in [5, 5.41) is 2.80. The van der Waals surface area contributed by atoms with E-state index in [0.717, 1.165) is 37.1 Å². The molecule has 1 N–H and O–H groups in total. The Hall–Kier alpha value is -2.43. The second-order valence-electron chi connectivity index (χ2n) is 7.56. The normalized spacial score (nSPS) is 12.0. The van der Waals surface area contributed by atoms with Gasteiger partial charge in [0, 0.05) is 18.1 Å². The molecule has 0 saturated carbocycles. The van der Waals surface area contributed by atoms with Gasteiger partial charge >= 0.3 is 0 Å². The van der Waals surface area contributed by atoms with Gasteiger partial charge in [-0.25, -0.2) is 14.5 Å². The lowest BCUT2D eigenvalue weighted by Gasteiger charge is -2.19. The molecular formula is C20H26N4O. The number of hydrogen-bond donors (Lipinski definition) is 1. The van der Waals surface area contributed by atoms with E-state index in [1.54, 1.807) is 4.52 Å². The molecule has 0 atom stereocenters. The average molecular weight is 338 g/mol. The van der Waals surface area contributed by atoms with Crippen LogP contribution in [0.25, 0.3) is 17.0 Å². The minimum atomic E-state index is -0.147. The van der Waals surface area contributed by atoms with Crippen molar-refractivity contribution in [3.63, 3.8) is 0 Å². The largest absolute Gasteiger partial charge is 0.268 e. The number of aryl methyl sites for hydroxylation is 1. The highest BCUT2D eigenvalue weighted by Gasteiger charge is 2.15. The molecule has 25 heavy (non-hydrogen) atoms. The first kappa shape index (κ1) is 17.4. The second kappa shape index (κ2) is 6.82. The van der Waals surface area contributed by atoms with Crippen molar-refractivity contribution in [1.82, 2.24) is 19.6 Å². The van der Waals surface area contributed by atoms with E-state index in [2.05, 4.69) is 62.0 Å². The minimum absolute atomic E-state index is 0.114. The highest BCUT2D eigenvalue weighted by atomic mass is 16.1. The molecule has 0 fully saturated rings. The Bertz CT molecular complexity index is 914. The molecule has 0 amide bonds. The van der Waals surface area contributed by atoms with Crippen molar-refractivity contribution in [3.05, 3.63) is 52.1 Å². The van der Waals surface area contributed by atoms with E-state index in [4.69, 9.17) is 4.98 Å². The van der Waals surface area contributed by atoms with Crippen LogP contribution in [-0.4, -0.2) is 19.6 Å². The van der Waals surface area contributed by atoms with Crippen LogP contribution in [0.15, 0.2) is 35.1 Å². The number of rotatable bonds is 5. The molecule has 2 heterocycles. The third-order valence-electron chi connectivity index (χ3n) is 4.44. The number of aromatic nitrogens is 4. The molecular weight excluding hydrogens is 312 g/mol. The Balaban J connectivity index is 2.02. The summed E-state index contributed by atoms with van der Waals surface area (Å²) in [6, 6.07) is 9.91. The van der Waals surface area contributed by atoms with Crippen molar-refractivity contribution in [2.75, 3.05) is 0 Å². The zero-order valence-electron chi connectivity index (χ0n) is 15.5. The van der Waals surface area contributed by atoms with Crippen molar-refractivity contribution in [3.8, 4) is 11.4 Å². The maximum atomic E-state index is 11.7. The summed E-state index contributed by atoms with van der Waals surface area (Å²) in [5.41, 5.74) is 2.84. The third-order valence-corrected chi connectivity index (χ3v) is 4.44. The fraction of sp³-hybridized carbons (Fsp3) is 0.450. The van der Waals surface area contributed by atoms with Crippen LogP contribution in [0.2, 0.25) is 0 Å². The molecule has 0 saturated heterocycles. The lowest BCUT2D eigenvalue weighted by molar-refractivity contribution is 0.590. The first-order valence-electron chi connectivity index (χ1n) is 8.98. The molecule has 0 aliphatic heterocycles. The summed E-state index contributed by atoms with van der Waals surface area (Å²) < 4.78 is 1.71.